The molecule has 3 aromatic rings. The summed E-state index contributed by atoms with van der Waals surface area (Å²) in [5.41, 5.74) is 1.30. The van der Waals surface area contributed by atoms with E-state index in [9.17, 15) is 19.5 Å². The third-order valence-corrected chi connectivity index (χ3v) is 6.62. The second-order valence-corrected chi connectivity index (χ2v) is 9.94. The van der Waals surface area contributed by atoms with Crippen LogP contribution < -0.4 is 15.0 Å². The van der Waals surface area contributed by atoms with Crippen molar-refractivity contribution in [2.45, 2.75) is 19.9 Å². The number of amides is 2. The first kappa shape index (κ1) is 22.1. The van der Waals surface area contributed by atoms with Crippen molar-refractivity contribution in [3.8, 4) is 6.07 Å². The fourth-order valence-electron chi connectivity index (χ4n) is 3.14. The van der Waals surface area contributed by atoms with Gasteiger partial charge in [-0.1, -0.05) is 0 Å². The number of carboxylic acid groups (broad SMARTS) is 1. The Morgan fingerprint density at radius 1 is 1.13 bits per heavy atom. The number of carbonyl (C=O) groups excluding carboxylic acids is 2. The van der Waals surface area contributed by atoms with Gasteiger partial charge in [-0.3, -0.25) is 0 Å². The number of carboxylic acids is 1. The van der Waals surface area contributed by atoms with E-state index in [-0.39, 0.29) is 27.6 Å². The molecule has 2 aromatic carbocycles. The van der Waals surface area contributed by atoms with Gasteiger partial charge in [-0.25, -0.2) is 0 Å². The van der Waals surface area contributed by atoms with Crippen LogP contribution in [0.3, 0.4) is 0 Å². The summed E-state index contributed by atoms with van der Waals surface area (Å²) in [5, 5.41) is 24.7. The Kier molecular flexibility index (Phi) is 6.47. The van der Waals surface area contributed by atoms with Crippen molar-refractivity contribution in [2.24, 2.45) is 7.05 Å². The van der Waals surface area contributed by atoms with E-state index >= 15 is 0 Å². The first-order valence-corrected chi connectivity index (χ1v) is 11.5. The number of hydrogen-bond donors (Lipinski definition) is 3. The molecule has 1 aromatic heterocycles. The number of nitrogens with zero attached hydrogens (tertiary/aromatic N) is 2. The number of benzene rings is 2. The molecule has 2 amide bonds. The molecule has 158 valence electrons. The molecule has 8 nitrogen and oxygen atoms in total. The second-order valence-electron chi connectivity index (χ2n) is 7.25. The number of aryl methyl sites for hydroxylation is 1. The standard InChI is InChI=1S/C22H21AsN4O4/c1-12(2)25-22(31)23-15-6-5-14-9-19(27(3)18(14)10-15)20(28)26-17-7-4-13(11-24)8-16(17)21(29)30/h4-10,12,23H,1-3H3,(H,25,31)(H,26,28)(H,29,30). The molecule has 1 atom stereocenters. The van der Waals surface area contributed by atoms with Crippen LogP contribution in [0, 0.1) is 11.3 Å². The van der Waals surface area contributed by atoms with Gasteiger partial charge in [-0.15, -0.1) is 0 Å². The van der Waals surface area contributed by atoms with Gasteiger partial charge in [0, 0.05) is 0 Å². The molecule has 31 heavy (non-hydrogen) atoms. The zero-order valence-electron chi connectivity index (χ0n) is 17.2. The van der Waals surface area contributed by atoms with Crippen molar-refractivity contribution in [3.05, 3.63) is 59.3 Å². The summed E-state index contributed by atoms with van der Waals surface area (Å²) < 4.78 is 2.70. The van der Waals surface area contributed by atoms with Crippen LogP contribution in [0.1, 0.15) is 40.3 Å². The van der Waals surface area contributed by atoms with Gasteiger partial charge >= 0.3 is 180 Å². The van der Waals surface area contributed by atoms with Gasteiger partial charge in [-0.05, 0) is 0 Å². The Bertz CT molecular complexity index is 1240. The van der Waals surface area contributed by atoms with Gasteiger partial charge in [0.25, 0.3) is 0 Å². The monoisotopic (exact) mass is 480 g/mol. The zero-order valence-corrected chi connectivity index (χ0v) is 19.3. The van der Waals surface area contributed by atoms with Gasteiger partial charge in [0.05, 0.1) is 0 Å². The Hall–Kier alpha value is -3.56. The predicted molar refractivity (Wildman–Crippen MR) is 119 cm³/mol. The average molecular weight is 480 g/mol. The molecule has 3 N–H and O–H groups in total. The molecule has 3 rings (SSSR count). The number of anilines is 1. The van der Waals surface area contributed by atoms with E-state index in [2.05, 4.69) is 10.6 Å². The summed E-state index contributed by atoms with van der Waals surface area (Å²) in [6.45, 7) is 3.83. The van der Waals surface area contributed by atoms with E-state index in [0.717, 1.165) is 15.3 Å². The minimum absolute atomic E-state index is 0.0449. The predicted octanol–water partition coefficient (Wildman–Crippen LogP) is 2.18. The topological polar surface area (TPSA) is 124 Å². The molecular weight excluding hydrogens is 459 g/mol. The molecule has 0 saturated heterocycles. The molecular formula is C22H21AsN4O4. The summed E-state index contributed by atoms with van der Waals surface area (Å²) in [6, 6.07) is 13.4. The van der Waals surface area contributed by atoms with Crippen molar-refractivity contribution < 1.29 is 19.5 Å². The van der Waals surface area contributed by atoms with Gasteiger partial charge in [0.2, 0.25) is 0 Å². The fourth-order valence-corrected chi connectivity index (χ4v) is 5.24. The number of nitriles is 1. The van der Waals surface area contributed by atoms with Crippen molar-refractivity contribution in [3.63, 3.8) is 0 Å². The number of aromatic carboxylic acids is 1. The number of hydrogen-bond acceptors (Lipinski definition) is 4. The molecule has 1 heterocycles. The molecule has 0 saturated carbocycles. The van der Waals surface area contributed by atoms with Crippen LogP contribution >= 0.6 is 0 Å². The van der Waals surface area contributed by atoms with Gasteiger partial charge < -0.3 is 0 Å². The number of nitrogens with one attached hydrogen (secondary N) is 2. The van der Waals surface area contributed by atoms with Crippen molar-refractivity contribution in [1.29, 1.82) is 5.26 Å². The van der Waals surface area contributed by atoms with Crippen molar-refractivity contribution in [2.75, 3.05) is 5.32 Å². The molecule has 9 heteroatoms. The first-order valence-electron chi connectivity index (χ1n) is 9.45. The Morgan fingerprint density at radius 3 is 2.52 bits per heavy atom. The number of carbonyl (C=O) groups is 3. The van der Waals surface area contributed by atoms with Crippen molar-refractivity contribution >= 4 is 53.3 Å². The number of fused-ring (bicyclic) bond motifs is 1. The van der Waals surface area contributed by atoms with Crippen LogP contribution in [0.15, 0.2) is 42.5 Å². The van der Waals surface area contributed by atoms with E-state index in [1.807, 2.05) is 38.1 Å². The number of rotatable bonds is 6. The third-order valence-electron chi connectivity index (χ3n) is 4.58. The zero-order chi connectivity index (χ0) is 22.7. The molecule has 0 radical (unpaired) electrons. The molecule has 0 aliphatic heterocycles. The van der Waals surface area contributed by atoms with E-state index in [1.54, 1.807) is 17.7 Å². The molecule has 0 bridgehead atoms. The summed E-state index contributed by atoms with van der Waals surface area (Å²) in [6.07, 6.45) is 0. The number of aromatic nitrogens is 1. The quantitative estimate of drug-likeness (QED) is 0.467. The molecule has 1 unspecified atom stereocenters. The Morgan fingerprint density at radius 2 is 1.87 bits per heavy atom. The van der Waals surface area contributed by atoms with Gasteiger partial charge in [-0.2, -0.15) is 5.26 Å². The van der Waals surface area contributed by atoms with Gasteiger partial charge in [0.1, 0.15) is 0 Å². The summed E-state index contributed by atoms with van der Waals surface area (Å²) >= 11 is -1.03. The summed E-state index contributed by atoms with van der Waals surface area (Å²) in [4.78, 5) is 36.5. The molecule has 0 fully saturated rings. The normalized spacial score (nSPS) is 11.1. The fraction of sp³-hybridized carbons (Fsp3) is 0.182. The maximum atomic E-state index is 12.9. The van der Waals surface area contributed by atoms with Crippen LogP contribution in [0.4, 0.5) is 10.5 Å². The summed E-state index contributed by atoms with van der Waals surface area (Å²) in [7, 11) is 1.74. The Labute approximate surface area is 185 Å². The SMILES string of the molecule is CC(C)NC(=O)[AsH]c1ccc2cc(C(=O)Nc3ccc(C#N)cc3C(=O)O)n(C)c2c1. The molecule has 0 aliphatic rings. The van der Waals surface area contributed by atoms with Gasteiger partial charge in [0.15, 0.2) is 0 Å². The first-order chi connectivity index (χ1) is 14.7. The van der Waals surface area contributed by atoms with Crippen LogP contribution in [0.5, 0.6) is 0 Å². The van der Waals surface area contributed by atoms with Crippen LogP contribution in [-0.2, 0) is 7.05 Å². The van der Waals surface area contributed by atoms with E-state index in [0.29, 0.717) is 5.69 Å². The summed E-state index contributed by atoms with van der Waals surface area (Å²) in [5.74, 6) is -1.71. The molecule has 0 aliphatic carbocycles. The Balaban J connectivity index is 1.89. The molecule has 0 spiro atoms. The third kappa shape index (κ3) is 4.96. The van der Waals surface area contributed by atoms with Crippen LogP contribution in [-0.4, -0.2) is 48.0 Å². The van der Waals surface area contributed by atoms with Crippen LogP contribution in [0.25, 0.3) is 10.9 Å². The van der Waals surface area contributed by atoms with E-state index in [1.165, 1.54) is 18.2 Å². The van der Waals surface area contributed by atoms with Crippen LogP contribution in [0.2, 0.25) is 0 Å². The second kappa shape index (κ2) is 9.07. The average Bonchev–Trinajstić information content (AvgIpc) is 3.03. The van der Waals surface area contributed by atoms with E-state index in [4.69, 9.17) is 5.26 Å². The minimum atomic E-state index is -1.24. The maximum absolute atomic E-state index is 12.9. The van der Waals surface area contributed by atoms with Crippen molar-refractivity contribution in [1.82, 2.24) is 9.88 Å². The van der Waals surface area contributed by atoms with E-state index < -0.39 is 27.6 Å².